The number of esters is 1. The number of hydrogen-bond donors (Lipinski definition) is 0. The highest BCUT2D eigenvalue weighted by atomic mass is 19.3. The predicted octanol–water partition coefficient (Wildman–Crippen LogP) is 3.16. The van der Waals surface area contributed by atoms with Crippen molar-refractivity contribution in [1.29, 1.82) is 0 Å². The van der Waals surface area contributed by atoms with Gasteiger partial charge in [-0.2, -0.15) is 8.78 Å². The molecule has 0 amide bonds. The molecule has 0 spiro atoms. The smallest absolute Gasteiger partial charge is 0.376 e. The summed E-state index contributed by atoms with van der Waals surface area (Å²) in [6.45, 7) is 3.34. The fraction of sp³-hybridized carbons (Fsp3) is 0.900. The van der Waals surface area contributed by atoms with Crippen molar-refractivity contribution in [2.45, 2.75) is 51.9 Å². The molecule has 0 aromatic heterocycles. The van der Waals surface area contributed by atoms with Gasteiger partial charge in [0.25, 0.3) is 0 Å². The quantitative estimate of drug-likeness (QED) is 0.602. The number of hydrogen-bond acceptors (Lipinski definition) is 2. The first-order valence-electron chi connectivity index (χ1n) is 5.49. The first kappa shape index (κ1) is 11.4. The monoisotopic (exact) mass is 209 g/mol. The van der Waals surface area contributed by atoms with Crippen LogP contribution < -0.4 is 0 Å². The average molecular weight is 209 g/mol. The molecule has 0 saturated carbocycles. The van der Waals surface area contributed by atoms with Crippen molar-refractivity contribution in [1.82, 2.24) is 0 Å². The molecule has 0 aliphatic heterocycles. The van der Waals surface area contributed by atoms with Gasteiger partial charge in [0.2, 0.25) is 0 Å². The zero-order valence-electron chi connectivity index (χ0n) is 9.69. The molecule has 0 aromatic carbocycles. The fourth-order valence-electron chi connectivity index (χ4n) is 0.952. The molecule has 0 bridgehead atoms. The molecule has 0 N–H and O–H groups in total. The standard InChI is InChI=1S/C10H18F2O2/c1-3-5-6-7-8-10(11,12)9(13)14-4-2/h3-8H2,1-2H3/i7D. The molecule has 84 valence electrons. The van der Waals surface area contributed by atoms with Crippen LogP contribution in [0.4, 0.5) is 8.78 Å². The summed E-state index contributed by atoms with van der Waals surface area (Å²) in [5, 5.41) is 0. The maximum absolute atomic E-state index is 13.1. The van der Waals surface area contributed by atoms with Gasteiger partial charge in [0, 0.05) is 7.79 Å². The minimum atomic E-state index is -3.52. The highest BCUT2D eigenvalue weighted by molar-refractivity contribution is 5.77. The molecule has 0 aromatic rings. The largest absolute Gasteiger partial charge is 0.462 e. The van der Waals surface area contributed by atoms with Crippen molar-refractivity contribution in [3.05, 3.63) is 0 Å². The molecule has 4 heteroatoms. The van der Waals surface area contributed by atoms with Gasteiger partial charge in [-0.3, -0.25) is 0 Å². The third-order valence-electron chi connectivity index (χ3n) is 1.74. The van der Waals surface area contributed by atoms with Crippen LogP contribution in [0.25, 0.3) is 0 Å². The summed E-state index contributed by atoms with van der Waals surface area (Å²) in [6, 6.07) is 0. The molecular weight excluding hydrogens is 190 g/mol. The van der Waals surface area contributed by atoms with Crippen LogP contribution in [0, 0.1) is 0 Å². The molecule has 0 aliphatic rings. The Balaban J connectivity index is 4.05. The van der Waals surface area contributed by atoms with Crippen molar-refractivity contribution >= 4 is 5.97 Å². The zero-order chi connectivity index (χ0) is 11.9. The Morgan fingerprint density at radius 1 is 1.43 bits per heavy atom. The van der Waals surface area contributed by atoms with Crippen molar-refractivity contribution in [3.8, 4) is 0 Å². The molecule has 0 saturated heterocycles. The van der Waals surface area contributed by atoms with Crippen LogP contribution in [-0.2, 0) is 9.53 Å². The van der Waals surface area contributed by atoms with E-state index in [4.69, 9.17) is 1.37 Å². The minimum absolute atomic E-state index is 0.0634. The number of carbonyl (C=O) groups excluding carboxylic acids is 1. The van der Waals surface area contributed by atoms with Crippen LogP contribution in [0.5, 0.6) is 0 Å². The molecule has 1 unspecified atom stereocenters. The minimum Gasteiger partial charge on any atom is -0.462 e. The Labute approximate surface area is 85.0 Å². The first-order chi connectivity index (χ1) is 6.94. The van der Waals surface area contributed by atoms with E-state index in [0.29, 0.717) is 6.42 Å². The van der Waals surface area contributed by atoms with Gasteiger partial charge < -0.3 is 4.74 Å². The molecule has 0 fully saturated rings. The lowest BCUT2D eigenvalue weighted by Gasteiger charge is -2.13. The van der Waals surface area contributed by atoms with Crippen molar-refractivity contribution in [3.63, 3.8) is 0 Å². The van der Waals surface area contributed by atoms with Gasteiger partial charge in [-0.1, -0.05) is 26.2 Å². The van der Waals surface area contributed by atoms with Crippen LogP contribution in [0.3, 0.4) is 0 Å². The molecule has 14 heavy (non-hydrogen) atoms. The van der Waals surface area contributed by atoms with Gasteiger partial charge in [-0.05, 0) is 13.3 Å². The summed E-state index contributed by atoms with van der Waals surface area (Å²) in [6.07, 6.45) is 0.342. The molecule has 2 nitrogen and oxygen atoms in total. The van der Waals surface area contributed by atoms with Gasteiger partial charge in [0.05, 0.1) is 6.61 Å². The van der Waals surface area contributed by atoms with E-state index in [2.05, 4.69) is 4.74 Å². The van der Waals surface area contributed by atoms with Crippen molar-refractivity contribution in [2.75, 3.05) is 6.61 Å². The summed E-state index contributed by atoms with van der Waals surface area (Å²) in [4.78, 5) is 10.8. The van der Waals surface area contributed by atoms with Crippen LogP contribution in [0.15, 0.2) is 0 Å². The summed E-state index contributed by atoms with van der Waals surface area (Å²) < 4.78 is 37.8. The molecule has 0 aliphatic carbocycles. The van der Waals surface area contributed by atoms with Gasteiger partial charge >= 0.3 is 11.9 Å². The van der Waals surface area contributed by atoms with E-state index in [0.717, 1.165) is 12.8 Å². The second-order valence-electron chi connectivity index (χ2n) is 3.06. The highest BCUT2D eigenvalue weighted by Gasteiger charge is 2.39. The second kappa shape index (κ2) is 6.74. The van der Waals surface area contributed by atoms with Crippen LogP contribution in [-0.4, -0.2) is 18.5 Å². The van der Waals surface area contributed by atoms with Gasteiger partial charge in [0.15, 0.2) is 0 Å². The maximum atomic E-state index is 13.1. The zero-order valence-corrected chi connectivity index (χ0v) is 8.69. The Hall–Kier alpha value is -0.670. The molecule has 0 rings (SSSR count). The normalized spacial score (nSPS) is 14.7. The Morgan fingerprint density at radius 3 is 2.57 bits per heavy atom. The van der Waals surface area contributed by atoms with Crippen LogP contribution in [0.1, 0.15) is 47.3 Å². The van der Waals surface area contributed by atoms with E-state index in [-0.39, 0.29) is 6.61 Å². The van der Waals surface area contributed by atoms with Gasteiger partial charge in [-0.25, -0.2) is 4.79 Å². The number of ether oxygens (including phenoxy) is 1. The SMILES string of the molecule is [2H]C(CCCC)CC(F)(F)C(=O)OCC. The Kier molecular flexibility index (Phi) is 5.49. The Bertz CT molecular complexity index is 198. The number of halogens is 2. The predicted molar refractivity (Wildman–Crippen MR) is 50.3 cm³/mol. The second-order valence-corrected chi connectivity index (χ2v) is 3.06. The summed E-state index contributed by atoms with van der Waals surface area (Å²) in [5.74, 6) is -5.03. The van der Waals surface area contributed by atoms with E-state index < -0.39 is 24.7 Å². The summed E-state index contributed by atoms with van der Waals surface area (Å²) in [7, 11) is 0. The van der Waals surface area contributed by atoms with E-state index in [1.165, 1.54) is 6.92 Å². The summed E-state index contributed by atoms with van der Waals surface area (Å²) >= 11 is 0. The average Bonchev–Trinajstić information content (AvgIpc) is 2.14. The lowest BCUT2D eigenvalue weighted by molar-refractivity contribution is -0.172. The number of unbranched alkanes of at least 4 members (excludes halogenated alkanes) is 1. The van der Waals surface area contributed by atoms with E-state index >= 15 is 0 Å². The lowest BCUT2D eigenvalue weighted by Crippen LogP contribution is -2.30. The number of alkyl halides is 2. The van der Waals surface area contributed by atoms with Gasteiger partial charge in [-0.15, -0.1) is 0 Å². The molecular formula is C10H18F2O2. The molecule has 1 atom stereocenters. The summed E-state index contributed by atoms with van der Waals surface area (Å²) in [5.41, 5.74) is 0. The first-order valence-corrected chi connectivity index (χ1v) is 4.91. The van der Waals surface area contributed by atoms with E-state index in [1.54, 1.807) is 0 Å². The van der Waals surface area contributed by atoms with Crippen LogP contribution in [0.2, 0.25) is 0 Å². The van der Waals surface area contributed by atoms with Crippen LogP contribution >= 0.6 is 0 Å². The Morgan fingerprint density at radius 2 is 2.07 bits per heavy atom. The third kappa shape index (κ3) is 5.14. The molecule has 0 heterocycles. The topological polar surface area (TPSA) is 26.3 Å². The third-order valence-corrected chi connectivity index (χ3v) is 1.74. The number of carbonyl (C=O) groups is 1. The molecule has 0 radical (unpaired) electrons. The van der Waals surface area contributed by atoms with Crippen molar-refractivity contribution in [2.24, 2.45) is 0 Å². The fourth-order valence-corrected chi connectivity index (χ4v) is 0.952. The highest BCUT2D eigenvalue weighted by Crippen LogP contribution is 2.23. The van der Waals surface area contributed by atoms with E-state index in [9.17, 15) is 13.6 Å². The lowest BCUT2D eigenvalue weighted by atomic mass is 10.1. The maximum Gasteiger partial charge on any atom is 0.376 e. The van der Waals surface area contributed by atoms with Crippen molar-refractivity contribution < 1.29 is 19.7 Å². The van der Waals surface area contributed by atoms with E-state index in [1.807, 2.05) is 6.92 Å². The number of rotatable bonds is 7. The van der Waals surface area contributed by atoms with Gasteiger partial charge in [0.1, 0.15) is 0 Å².